The molecule has 0 radical (unpaired) electrons. The van der Waals surface area contributed by atoms with Crippen molar-refractivity contribution in [3.05, 3.63) is 82.0 Å². The van der Waals surface area contributed by atoms with Gasteiger partial charge in [0.2, 0.25) is 0 Å². The lowest BCUT2D eigenvalue weighted by Crippen LogP contribution is -2.31. The summed E-state index contributed by atoms with van der Waals surface area (Å²) < 4.78 is 41.9. The number of nitrogen functional groups attached to an aromatic ring is 1. The number of nitrogens with one attached hydrogen (secondary N) is 1. The normalized spacial score (nSPS) is 15.7. The average molecular weight is 554 g/mol. The van der Waals surface area contributed by atoms with Gasteiger partial charge in [0.25, 0.3) is 5.91 Å². The van der Waals surface area contributed by atoms with Gasteiger partial charge in [-0.15, -0.1) is 9.24 Å². The van der Waals surface area contributed by atoms with Gasteiger partial charge in [0.05, 0.1) is 5.56 Å². The van der Waals surface area contributed by atoms with Crippen molar-refractivity contribution in [2.45, 2.75) is 32.1 Å². The fourth-order valence-electron chi connectivity index (χ4n) is 4.48. The first-order valence-electron chi connectivity index (χ1n) is 12.4. The summed E-state index contributed by atoms with van der Waals surface area (Å²) in [6.45, 7) is 3.53. The number of halogens is 3. The second kappa shape index (κ2) is 11.7. The van der Waals surface area contributed by atoms with E-state index < -0.39 is 17.6 Å². The monoisotopic (exact) mass is 553 g/mol. The van der Waals surface area contributed by atoms with Crippen molar-refractivity contribution in [2.24, 2.45) is 0 Å². The number of nitrogens with two attached hydrogens (primary N) is 1. The third-order valence-corrected chi connectivity index (χ3v) is 7.30. The summed E-state index contributed by atoms with van der Waals surface area (Å²) in [5.41, 5.74) is 7.70. The first-order valence-corrected chi connectivity index (χ1v) is 13.0. The number of alkyl halides is 3. The van der Waals surface area contributed by atoms with Crippen LogP contribution in [0.25, 0.3) is 0 Å². The highest BCUT2D eigenvalue weighted by molar-refractivity contribution is 7.28. The Kier molecular flexibility index (Phi) is 8.60. The smallest absolute Gasteiger partial charge is 0.383 e. The molecule has 1 amide bonds. The molecule has 0 bridgehead atoms. The Morgan fingerprint density at radius 1 is 1.21 bits per heavy atom. The van der Waals surface area contributed by atoms with Gasteiger partial charge in [-0.2, -0.15) is 13.2 Å². The Labute approximate surface area is 229 Å². The lowest BCUT2D eigenvalue weighted by atomic mass is 10.0. The Bertz CT molecular complexity index is 1450. The highest BCUT2D eigenvalue weighted by Crippen LogP contribution is 2.35. The predicted octanol–water partition coefficient (Wildman–Crippen LogP) is 4.28. The van der Waals surface area contributed by atoms with E-state index in [1.807, 2.05) is 25.9 Å². The quantitative estimate of drug-likeness (QED) is 0.365. The molecule has 0 saturated carbocycles. The second-order valence-electron chi connectivity index (χ2n) is 9.94. The van der Waals surface area contributed by atoms with Gasteiger partial charge in [0, 0.05) is 59.6 Å². The predicted molar refractivity (Wildman–Crippen MR) is 152 cm³/mol. The van der Waals surface area contributed by atoms with Gasteiger partial charge in [-0.05, 0) is 68.9 Å². The second-order valence-corrected chi connectivity index (χ2v) is 10.6. The molecule has 1 aromatic heterocycles. The summed E-state index contributed by atoms with van der Waals surface area (Å²) in [6.07, 6.45) is -2.06. The molecule has 10 heteroatoms. The van der Waals surface area contributed by atoms with Crippen molar-refractivity contribution in [3.8, 4) is 11.8 Å². The maximum Gasteiger partial charge on any atom is 0.416 e. The van der Waals surface area contributed by atoms with Crippen LogP contribution in [0.5, 0.6) is 0 Å². The molecule has 2 heterocycles. The number of carbonyl (C=O) groups is 1. The van der Waals surface area contributed by atoms with Gasteiger partial charge in [-0.3, -0.25) is 9.69 Å². The van der Waals surface area contributed by atoms with Crippen LogP contribution in [0.15, 0.2) is 48.7 Å². The van der Waals surface area contributed by atoms with Crippen LogP contribution in [0.4, 0.5) is 24.7 Å². The maximum absolute atomic E-state index is 14.0. The third kappa shape index (κ3) is 7.15. The van der Waals surface area contributed by atoms with Crippen molar-refractivity contribution in [3.63, 3.8) is 0 Å². The Balaban J connectivity index is 1.52. The molecule has 39 heavy (non-hydrogen) atoms. The zero-order valence-electron chi connectivity index (χ0n) is 22.1. The zero-order chi connectivity index (χ0) is 28.3. The number of likely N-dealkylation sites (N-methyl/N-ethyl adjacent to an activating group) is 1. The average Bonchev–Trinajstić information content (AvgIpc) is 3.35. The van der Waals surface area contributed by atoms with Crippen LogP contribution in [0.1, 0.15) is 44.6 Å². The van der Waals surface area contributed by atoms with Gasteiger partial charge < -0.3 is 16.0 Å². The van der Waals surface area contributed by atoms with Crippen molar-refractivity contribution < 1.29 is 18.0 Å². The summed E-state index contributed by atoms with van der Waals surface area (Å²) in [6, 6.07) is 11.1. The number of aromatic nitrogens is 1. The number of hydrogen-bond acceptors (Lipinski definition) is 5. The van der Waals surface area contributed by atoms with E-state index in [0.717, 1.165) is 36.4 Å². The number of likely N-dealkylation sites (tertiary alicyclic amines) is 1. The third-order valence-electron chi connectivity index (χ3n) is 6.84. The molecule has 2 unspecified atom stereocenters. The van der Waals surface area contributed by atoms with E-state index in [9.17, 15) is 18.0 Å². The molecular formula is C29H31F3N5OP. The number of rotatable bonds is 5. The van der Waals surface area contributed by atoms with Gasteiger partial charge >= 0.3 is 6.18 Å². The lowest BCUT2D eigenvalue weighted by Gasteiger charge is -2.22. The van der Waals surface area contributed by atoms with E-state index in [4.69, 9.17) is 5.73 Å². The number of benzene rings is 2. The number of aryl methyl sites for hydroxylation is 1. The van der Waals surface area contributed by atoms with E-state index in [1.165, 1.54) is 12.1 Å². The highest BCUT2D eigenvalue weighted by Gasteiger charge is 2.35. The maximum atomic E-state index is 14.0. The number of carbonyl (C=O) groups excluding carboxylic acids is 1. The van der Waals surface area contributed by atoms with Gasteiger partial charge in [-0.25, -0.2) is 4.98 Å². The number of anilines is 2. The standard InChI is InChI=1S/C29H31F3N5OP/c1-18-4-6-21(13-20(18)7-5-19-12-26(39)27(33)34-15-19)28(38)35-23-9-8-22(25(14-23)29(30,31)32)16-37-11-10-24(17-37)36(2)3/h4,6,8-9,12-15,24H,10-11,16-17,39H2,1-3H3,(H2,33,34)(H,35,38). The molecule has 4 rings (SSSR count). The van der Waals surface area contributed by atoms with Gasteiger partial charge in [-0.1, -0.05) is 24.0 Å². The Hall–Kier alpha value is -3.44. The molecular weight excluding hydrogens is 522 g/mol. The van der Waals surface area contributed by atoms with Crippen LogP contribution in [0.2, 0.25) is 0 Å². The number of amides is 1. The Morgan fingerprint density at radius 3 is 2.64 bits per heavy atom. The van der Waals surface area contributed by atoms with E-state index in [-0.39, 0.29) is 23.4 Å². The number of pyridine rings is 1. The molecule has 1 aliphatic rings. The number of hydrogen-bond donors (Lipinski definition) is 2. The molecule has 3 N–H and O–H groups in total. The fourth-order valence-corrected chi connectivity index (χ4v) is 4.73. The first kappa shape index (κ1) is 28.6. The summed E-state index contributed by atoms with van der Waals surface area (Å²) in [7, 11) is 6.46. The highest BCUT2D eigenvalue weighted by atomic mass is 31.0. The molecule has 204 valence electrons. The van der Waals surface area contributed by atoms with Crippen LogP contribution in [-0.2, 0) is 12.7 Å². The summed E-state index contributed by atoms with van der Waals surface area (Å²) in [5, 5.41) is 3.34. The molecule has 2 aromatic carbocycles. The minimum Gasteiger partial charge on any atom is -0.383 e. The first-order chi connectivity index (χ1) is 18.4. The molecule has 0 aliphatic carbocycles. The van der Waals surface area contributed by atoms with E-state index in [1.54, 1.807) is 30.5 Å². The minimum absolute atomic E-state index is 0.0813. The molecule has 6 nitrogen and oxygen atoms in total. The van der Waals surface area contributed by atoms with E-state index in [0.29, 0.717) is 23.0 Å². The van der Waals surface area contributed by atoms with Crippen molar-refractivity contribution >= 4 is 32.0 Å². The molecule has 2 atom stereocenters. The topological polar surface area (TPSA) is 74.5 Å². The van der Waals surface area contributed by atoms with Crippen LogP contribution in [0.3, 0.4) is 0 Å². The fraction of sp³-hybridized carbons (Fsp3) is 0.310. The van der Waals surface area contributed by atoms with Crippen molar-refractivity contribution in [1.82, 2.24) is 14.8 Å². The van der Waals surface area contributed by atoms with Crippen molar-refractivity contribution in [2.75, 3.05) is 38.2 Å². The van der Waals surface area contributed by atoms with Gasteiger partial charge in [0.15, 0.2) is 0 Å². The van der Waals surface area contributed by atoms with Crippen LogP contribution < -0.4 is 16.4 Å². The van der Waals surface area contributed by atoms with E-state index in [2.05, 4.69) is 36.3 Å². The van der Waals surface area contributed by atoms with Crippen LogP contribution in [0, 0.1) is 18.8 Å². The summed E-state index contributed by atoms with van der Waals surface area (Å²) in [5.74, 6) is 5.93. The van der Waals surface area contributed by atoms with Crippen LogP contribution >= 0.6 is 9.24 Å². The largest absolute Gasteiger partial charge is 0.416 e. The van der Waals surface area contributed by atoms with Crippen LogP contribution in [-0.4, -0.2) is 53.9 Å². The van der Waals surface area contributed by atoms with E-state index >= 15 is 0 Å². The number of nitrogens with zero attached hydrogens (tertiary/aromatic N) is 3. The molecule has 1 saturated heterocycles. The minimum atomic E-state index is -4.54. The zero-order valence-corrected chi connectivity index (χ0v) is 23.2. The van der Waals surface area contributed by atoms with Gasteiger partial charge in [0.1, 0.15) is 5.82 Å². The molecule has 3 aromatic rings. The molecule has 1 fully saturated rings. The molecule has 1 aliphatic heterocycles. The summed E-state index contributed by atoms with van der Waals surface area (Å²) in [4.78, 5) is 21.2. The SMILES string of the molecule is Cc1ccc(C(=O)Nc2ccc(CN3CCC(N(C)C)C3)c(C(F)(F)F)c2)cc1C#Cc1cnc(N)c(P)c1. The summed E-state index contributed by atoms with van der Waals surface area (Å²) >= 11 is 0. The molecule has 0 spiro atoms. The Morgan fingerprint density at radius 2 is 1.97 bits per heavy atom. The van der Waals surface area contributed by atoms with Crippen molar-refractivity contribution in [1.29, 1.82) is 0 Å². The lowest BCUT2D eigenvalue weighted by molar-refractivity contribution is -0.138.